The lowest BCUT2D eigenvalue weighted by atomic mass is 10.0. The van der Waals surface area contributed by atoms with Crippen LogP contribution in [0, 0.1) is 11.3 Å². The first-order valence-corrected chi connectivity index (χ1v) is 7.91. The molecule has 2 nitrogen and oxygen atoms in total. The van der Waals surface area contributed by atoms with Crippen molar-refractivity contribution in [3.05, 3.63) is 59.7 Å². The fraction of sp³-hybridized carbons (Fsp3) is 0.235. The number of anilines is 1. The maximum atomic E-state index is 9.38. The SMILES string of the molecule is CCC(Nc1cccc(SC)c1C#N)c1ccccc1. The van der Waals surface area contributed by atoms with Crippen LogP contribution in [-0.4, -0.2) is 6.26 Å². The lowest BCUT2D eigenvalue weighted by molar-refractivity contribution is 0.748. The smallest absolute Gasteiger partial charge is 0.102 e. The van der Waals surface area contributed by atoms with Gasteiger partial charge in [-0.05, 0) is 30.4 Å². The number of nitriles is 1. The normalized spacial score (nSPS) is 11.7. The minimum absolute atomic E-state index is 0.223. The van der Waals surface area contributed by atoms with Crippen LogP contribution in [0.25, 0.3) is 0 Å². The highest BCUT2D eigenvalue weighted by atomic mass is 32.2. The minimum atomic E-state index is 0.223. The van der Waals surface area contributed by atoms with E-state index < -0.39 is 0 Å². The van der Waals surface area contributed by atoms with Gasteiger partial charge in [-0.1, -0.05) is 43.3 Å². The molecule has 0 fully saturated rings. The van der Waals surface area contributed by atoms with E-state index in [1.165, 1.54) is 5.56 Å². The predicted octanol–water partition coefficient (Wildman–Crippen LogP) is 4.84. The van der Waals surface area contributed by atoms with Crippen LogP contribution in [-0.2, 0) is 0 Å². The van der Waals surface area contributed by atoms with Crippen LogP contribution in [0.15, 0.2) is 53.4 Å². The first-order chi connectivity index (χ1) is 9.80. The molecule has 0 aliphatic heterocycles. The van der Waals surface area contributed by atoms with E-state index in [1.807, 2.05) is 42.7 Å². The highest BCUT2D eigenvalue weighted by Gasteiger charge is 2.13. The van der Waals surface area contributed by atoms with Gasteiger partial charge in [-0.25, -0.2) is 0 Å². The Morgan fingerprint density at radius 1 is 1.15 bits per heavy atom. The largest absolute Gasteiger partial charge is 0.377 e. The Morgan fingerprint density at radius 2 is 1.90 bits per heavy atom. The third kappa shape index (κ3) is 3.15. The van der Waals surface area contributed by atoms with E-state index in [-0.39, 0.29) is 6.04 Å². The van der Waals surface area contributed by atoms with Crippen molar-refractivity contribution in [2.24, 2.45) is 0 Å². The molecule has 0 saturated heterocycles. The molecule has 0 radical (unpaired) electrons. The summed E-state index contributed by atoms with van der Waals surface area (Å²) in [6, 6.07) is 18.8. The highest BCUT2D eigenvalue weighted by molar-refractivity contribution is 7.98. The summed E-state index contributed by atoms with van der Waals surface area (Å²) in [5.74, 6) is 0. The van der Waals surface area contributed by atoms with Gasteiger partial charge in [-0.3, -0.25) is 0 Å². The van der Waals surface area contributed by atoms with Gasteiger partial charge in [0, 0.05) is 4.90 Å². The standard InChI is InChI=1S/C17H18N2S/c1-3-15(13-8-5-4-6-9-13)19-16-10-7-11-17(20-2)14(16)12-18/h4-11,15,19H,3H2,1-2H3. The zero-order chi connectivity index (χ0) is 14.4. The van der Waals surface area contributed by atoms with Gasteiger partial charge in [0.2, 0.25) is 0 Å². The Labute approximate surface area is 124 Å². The zero-order valence-corrected chi connectivity index (χ0v) is 12.6. The van der Waals surface area contributed by atoms with Crippen LogP contribution in [0.2, 0.25) is 0 Å². The first-order valence-electron chi connectivity index (χ1n) is 6.68. The predicted molar refractivity (Wildman–Crippen MR) is 86.0 cm³/mol. The second kappa shape index (κ2) is 7.02. The molecule has 0 heterocycles. The summed E-state index contributed by atoms with van der Waals surface area (Å²) >= 11 is 1.60. The molecule has 20 heavy (non-hydrogen) atoms. The van der Waals surface area contributed by atoms with E-state index in [1.54, 1.807) is 11.8 Å². The monoisotopic (exact) mass is 282 g/mol. The molecule has 2 rings (SSSR count). The number of benzene rings is 2. The lowest BCUT2D eigenvalue weighted by Crippen LogP contribution is -2.10. The van der Waals surface area contributed by atoms with Gasteiger partial charge in [-0.2, -0.15) is 5.26 Å². The number of hydrogen-bond acceptors (Lipinski definition) is 3. The molecular weight excluding hydrogens is 264 g/mol. The van der Waals surface area contributed by atoms with Crippen molar-refractivity contribution in [3.63, 3.8) is 0 Å². The van der Waals surface area contributed by atoms with Gasteiger partial charge in [0.25, 0.3) is 0 Å². The molecule has 2 aromatic rings. The van der Waals surface area contributed by atoms with E-state index in [0.29, 0.717) is 0 Å². The minimum Gasteiger partial charge on any atom is -0.377 e. The Hall–Kier alpha value is -1.92. The average Bonchev–Trinajstić information content (AvgIpc) is 2.52. The van der Waals surface area contributed by atoms with Crippen LogP contribution in [0.3, 0.4) is 0 Å². The molecule has 0 aliphatic rings. The van der Waals surface area contributed by atoms with Crippen LogP contribution >= 0.6 is 11.8 Å². The highest BCUT2D eigenvalue weighted by Crippen LogP contribution is 2.30. The number of rotatable bonds is 5. The number of nitrogens with one attached hydrogen (secondary N) is 1. The molecule has 0 aliphatic carbocycles. The van der Waals surface area contributed by atoms with Crippen molar-refractivity contribution in [1.82, 2.24) is 0 Å². The van der Waals surface area contributed by atoms with Crippen molar-refractivity contribution in [1.29, 1.82) is 5.26 Å². The van der Waals surface area contributed by atoms with E-state index in [9.17, 15) is 5.26 Å². The number of hydrogen-bond donors (Lipinski definition) is 1. The Kier molecular flexibility index (Phi) is 5.09. The van der Waals surface area contributed by atoms with Gasteiger partial charge in [0.05, 0.1) is 17.3 Å². The van der Waals surface area contributed by atoms with E-state index >= 15 is 0 Å². The summed E-state index contributed by atoms with van der Waals surface area (Å²) in [5, 5.41) is 12.9. The molecule has 1 N–H and O–H groups in total. The molecule has 1 atom stereocenters. The van der Waals surface area contributed by atoms with E-state index in [0.717, 1.165) is 22.6 Å². The summed E-state index contributed by atoms with van der Waals surface area (Å²) in [4.78, 5) is 1.01. The Bertz CT molecular complexity index is 602. The molecule has 0 amide bonds. The Morgan fingerprint density at radius 3 is 2.50 bits per heavy atom. The maximum Gasteiger partial charge on any atom is 0.102 e. The quantitative estimate of drug-likeness (QED) is 0.797. The molecule has 3 heteroatoms. The van der Waals surface area contributed by atoms with Crippen molar-refractivity contribution in [2.75, 3.05) is 11.6 Å². The number of thioether (sulfide) groups is 1. The summed E-state index contributed by atoms with van der Waals surface area (Å²) in [5.41, 5.74) is 2.89. The van der Waals surface area contributed by atoms with Crippen LogP contribution in [0.1, 0.15) is 30.5 Å². The first kappa shape index (κ1) is 14.5. The molecule has 0 aromatic heterocycles. The van der Waals surface area contributed by atoms with E-state index in [4.69, 9.17) is 0 Å². The summed E-state index contributed by atoms with van der Waals surface area (Å²) < 4.78 is 0. The lowest BCUT2D eigenvalue weighted by Gasteiger charge is -2.20. The van der Waals surface area contributed by atoms with Crippen molar-refractivity contribution in [3.8, 4) is 6.07 Å². The average molecular weight is 282 g/mol. The summed E-state index contributed by atoms with van der Waals surface area (Å²) in [7, 11) is 0. The summed E-state index contributed by atoms with van der Waals surface area (Å²) in [6.07, 6.45) is 2.97. The molecule has 102 valence electrons. The van der Waals surface area contributed by atoms with Gasteiger partial charge >= 0.3 is 0 Å². The van der Waals surface area contributed by atoms with Gasteiger partial charge < -0.3 is 5.32 Å². The second-order valence-corrected chi connectivity index (χ2v) is 5.36. The van der Waals surface area contributed by atoms with Crippen molar-refractivity contribution >= 4 is 17.4 Å². The number of nitrogens with zero attached hydrogens (tertiary/aromatic N) is 1. The summed E-state index contributed by atoms with van der Waals surface area (Å²) in [6.45, 7) is 2.15. The molecule has 2 aromatic carbocycles. The topological polar surface area (TPSA) is 35.8 Å². The fourth-order valence-electron chi connectivity index (χ4n) is 2.23. The molecule has 1 unspecified atom stereocenters. The Balaban J connectivity index is 2.31. The van der Waals surface area contributed by atoms with Gasteiger partial charge in [0.15, 0.2) is 0 Å². The van der Waals surface area contributed by atoms with Crippen LogP contribution in [0.4, 0.5) is 5.69 Å². The van der Waals surface area contributed by atoms with Crippen LogP contribution < -0.4 is 5.32 Å². The molecular formula is C17H18N2S. The second-order valence-electron chi connectivity index (χ2n) is 4.51. The van der Waals surface area contributed by atoms with Gasteiger partial charge in [0.1, 0.15) is 6.07 Å². The van der Waals surface area contributed by atoms with Crippen LogP contribution in [0.5, 0.6) is 0 Å². The van der Waals surface area contributed by atoms with Crippen molar-refractivity contribution in [2.45, 2.75) is 24.3 Å². The van der Waals surface area contributed by atoms with E-state index in [2.05, 4.69) is 30.4 Å². The molecule has 0 saturated carbocycles. The maximum absolute atomic E-state index is 9.38. The third-order valence-corrected chi connectivity index (χ3v) is 4.08. The molecule has 0 spiro atoms. The van der Waals surface area contributed by atoms with Crippen molar-refractivity contribution < 1.29 is 0 Å². The fourth-order valence-corrected chi connectivity index (χ4v) is 2.81. The zero-order valence-electron chi connectivity index (χ0n) is 11.8. The van der Waals surface area contributed by atoms with Gasteiger partial charge in [-0.15, -0.1) is 11.8 Å². The third-order valence-electron chi connectivity index (χ3n) is 3.30. The molecule has 0 bridgehead atoms.